The normalized spacial score (nSPS) is 16.2. The number of rotatable bonds is 5. The van der Waals surface area contributed by atoms with Gasteiger partial charge in [-0.3, -0.25) is 9.69 Å². The van der Waals surface area contributed by atoms with Gasteiger partial charge in [0.15, 0.2) is 0 Å². The van der Waals surface area contributed by atoms with Crippen molar-refractivity contribution in [3.05, 3.63) is 35.4 Å². The monoisotopic (exact) mass is 296 g/mol. The molecule has 0 atom stereocenters. The molecule has 0 saturated carbocycles. The second kappa shape index (κ2) is 7.50. The molecule has 21 heavy (non-hydrogen) atoms. The van der Waals surface area contributed by atoms with Gasteiger partial charge in [0.1, 0.15) is 11.6 Å². The fraction of sp³-hybridized carbons (Fsp3) is 0.562. The minimum Gasteiger partial charge on any atom is -0.340 e. The molecule has 2 rings (SSSR count). The van der Waals surface area contributed by atoms with Crippen molar-refractivity contribution in [3.8, 4) is 0 Å². The Morgan fingerprint density at radius 1 is 1.14 bits per heavy atom. The van der Waals surface area contributed by atoms with Crippen LogP contribution in [0.4, 0.5) is 8.78 Å². The quantitative estimate of drug-likeness (QED) is 0.779. The molecule has 5 heteroatoms. The highest BCUT2D eigenvalue weighted by atomic mass is 19.1. The number of hydrogen-bond donors (Lipinski definition) is 0. The zero-order valence-electron chi connectivity index (χ0n) is 12.4. The Morgan fingerprint density at radius 3 is 2.48 bits per heavy atom. The number of amides is 1. The van der Waals surface area contributed by atoms with E-state index in [1.165, 1.54) is 12.1 Å². The molecular formula is C16H22F2N2O. The lowest BCUT2D eigenvalue weighted by molar-refractivity contribution is -0.130. The minimum absolute atomic E-state index is 0.140. The molecule has 1 aliphatic heterocycles. The van der Waals surface area contributed by atoms with Crippen LogP contribution >= 0.6 is 0 Å². The molecule has 0 N–H and O–H groups in total. The number of benzene rings is 1. The number of halogens is 2. The summed E-state index contributed by atoms with van der Waals surface area (Å²) in [6.45, 7) is 5.97. The Bertz CT molecular complexity index is 485. The molecule has 116 valence electrons. The lowest BCUT2D eigenvalue weighted by atomic mass is 10.1. The third-order valence-corrected chi connectivity index (χ3v) is 4.00. The lowest BCUT2D eigenvalue weighted by Gasteiger charge is -2.34. The number of nitrogens with zero attached hydrogens (tertiary/aromatic N) is 2. The summed E-state index contributed by atoms with van der Waals surface area (Å²) in [5, 5.41) is 0. The fourth-order valence-electron chi connectivity index (χ4n) is 2.66. The molecule has 1 amide bonds. The van der Waals surface area contributed by atoms with Crippen molar-refractivity contribution in [1.29, 1.82) is 0 Å². The second-order valence-electron chi connectivity index (χ2n) is 5.54. The number of aryl methyl sites for hydroxylation is 1. The Kier molecular flexibility index (Phi) is 5.67. The first kappa shape index (κ1) is 15.9. The Balaban J connectivity index is 1.65. The first-order valence-corrected chi connectivity index (χ1v) is 7.48. The van der Waals surface area contributed by atoms with Gasteiger partial charge in [-0.2, -0.15) is 0 Å². The van der Waals surface area contributed by atoms with Gasteiger partial charge in [-0.1, -0.05) is 6.07 Å². The zero-order valence-corrected chi connectivity index (χ0v) is 12.4. The van der Waals surface area contributed by atoms with E-state index in [9.17, 15) is 13.6 Å². The average Bonchev–Trinajstić information content (AvgIpc) is 2.46. The van der Waals surface area contributed by atoms with Crippen molar-refractivity contribution >= 4 is 5.91 Å². The first-order valence-electron chi connectivity index (χ1n) is 7.48. The summed E-state index contributed by atoms with van der Waals surface area (Å²) in [6.07, 6.45) is 2.51. The number of unbranched alkanes of at least 4 members (excludes halogenated alkanes) is 1. The predicted molar refractivity (Wildman–Crippen MR) is 78.0 cm³/mol. The summed E-state index contributed by atoms with van der Waals surface area (Å²) in [7, 11) is 0. The smallest absolute Gasteiger partial charge is 0.219 e. The first-order chi connectivity index (χ1) is 10.1. The van der Waals surface area contributed by atoms with E-state index in [1.54, 1.807) is 6.92 Å². The van der Waals surface area contributed by atoms with Crippen LogP contribution in [0.1, 0.15) is 25.3 Å². The van der Waals surface area contributed by atoms with Crippen LogP contribution in [-0.4, -0.2) is 48.4 Å². The van der Waals surface area contributed by atoms with E-state index in [1.807, 2.05) is 4.90 Å². The van der Waals surface area contributed by atoms with Crippen LogP contribution in [0, 0.1) is 11.6 Å². The van der Waals surface area contributed by atoms with Crippen LogP contribution in [-0.2, 0) is 11.2 Å². The van der Waals surface area contributed by atoms with Gasteiger partial charge in [0.05, 0.1) is 0 Å². The fourth-order valence-corrected chi connectivity index (χ4v) is 2.66. The van der Waals surface area contributed by atoms with Crippen LogP contribution < -0.4 is 0 Å². The Morgan fingerprint density at radius 2 is 1.86 bits per heavy atom. The van der Waals surface area contributed by atoms with E-state index in [0.29, 0.717) is 12.0 Å². The maximum atomic E-state index is 13.5. The van der Waals surface area contributed by atoms with Gasteiger partial charge in [-0.15, -0.1) is 0 Å². The van der Waals surface area contributed by atoms with E-state index >= 15 is 0 Å². The van der Waals surface area contributed by atoms with E-state index in [4.69, 9.17) is 0 Å². The predicted octanol–water partition coefficient (Wildman–Crippen LogP) is 2.45. The highest BCUT2D eigenvalue weighted by Crippen LogP contribution is 2.13. The topological polar surface area (TPSA) is 23.6 Å². The van der Waals surface area contributed by atoms with Crippen molar-refractivity contribution < 1.29 is 13.6 Å². The van der Waals surface area contributed by atoms with Crippen LogP contribution in [0.2, 0.25) is 0 Å². The Hall–Kier alpha value is -1.49. The molecular weight excluding hydrogens is 274 g/mol. The minimum atomic E-state index is -0.528. The standard InChI is InChI=1S/C16H22F2N2O/c1-13(21)20-10-8-19(9-11-20)7-3-2-4-14-5-6-15(17)12-16(14)18/h5-6,12H,2-4,7-11H2,1H3. The molecule has 1 aromatic rings. The summed E-state index contributed by atoms with van der Waals surface area (Å²) in [5.41, 5.74) is 0.581. The van der Waals surface area contributed by atoms with Crippen molar-refractivity contribution in [2.75, 3.05) is 32.7 Å². The van der Waals surface area contributed by atoms with Crippen molar-refractivity contribution in [1.82, 2.24) is 9.80 Å². The molecule has 1 saturated heterocycles. The molecule has 0 radical (unpaired) electrons. The molecule has 1 aromatic carbocycles. The molecule has 0 unspecified atom stereocenters. The van der Waals surface area contributed by atoms with Crippen LogP contribution in [0.25, 0.3) is 0 Å². The Labute approximate surface area is 124 Å². The van der Waals surface area contributed by atoms with Gasteiger partial charge in [-0.05, 0) is 37.4 Å². The van der Waals surface area contributed by atoms with E-state index in [-0.39, 0.29) is 5.91 Å². The van der Waals surface area contributed by atoms with Crippen LogP contribution in [0.3, 0.4) is 0 Å². The van der Waals surface area contributed by atoms with Gasteiger partial charge in [0.2, 0.25) is 5.91 Å². The van der Waals surface area contributed by atoms with Crippen LogP contribution in [0.15, 0.2) is 18.2 Å². The van der Waals surface area contributed by atoms with E-state index < -0.39 is 11.6 Å². The summed E-state index contributed by atoms with van der Waals surface area (Å²) < 4.78 is 26.3. The largest absolute Gasteiger partial charge is 0.340 e. The van der Waals surface area contributed by atoms with Gasteiger partial charge in [0, 0.05) is 39.2 Å². The summed E-state index contributed by atoms with van der Waals surface area (Å²) in [6, 6.07) is 3.77. The van der Waals surface area contributed by atoms with Gasteiger partial charge < -0.3 is 4.90 Å². The summed E-state index contributed by atoms with van der Waals surface area (Å²) in [5.74, 6) is -0.842. The molecule has 1 heterocycles. The number of piperazine rings is 1. The molecule has 1 aliphatic rings. The second-order valence-corrected chi connectivity index (χ2v) is 5.54. The van der Waals surface area contributed by atoms with Crippen molar-refractivity contribution in [2.45, 2.75) is 26.2 Å². The molecule has 0 bridgehead atoms. The van der Waals surface area contributed by atoms with Crippen molar-refractivity contribution in [2.24, 2.45) is 0 Å². The molecule has 0 spiro atoms. The zero-order chi connectivity index (χ0) is 15.2. The number of carbonyl (C=O) groups excluding carboxylic acids is 1. The van der Waals surface area contributed by atoms with Gasteiger partial charge >= 0.3 is 0 Å². The maximum absolute atomic E-state index is 13.5. The van der Waals surface area contributed by atoms with Crippen LogP contribution in [0.5, 0.6) is 0 Å². The molecule has 1 fully saturated rings. The average molecular weight is 296 g/mol. The lowest BCUT2D eigenvalue weighted by Crippen LogP contribution is -2.48. The van der Waals surface area contributed by atoms with Gasteiger partial charge in [-0.25, -0.2) is 8.78 Å². The molecule has 0 aliphatic carbocycles. The highest BCUT2D eigenvalue weighted by Gasteiger charge is 2.17. The van der Waals surface area contributed by atoms with Crippen molar-refractivity contribution in [3.63, 3.8) is 0 Å². The third-order valence-electron chi connectivity index (χ3n) is 4.00. The SMILES string of the molecule is CC(=O)N1CCN(CCCCc2ccc(F)cc2F)CC1. The van der Waals surface area contributed by atoms with Gasteiger partial charge in [0.25, 0.3) is 0 Å². The van der Waals surface area contributed by atoms with E-state index in [0.717, 1.165) is 51.6 Å². The third kappa shape index (κ3) is 4.77. The molecule has 3 nitrogen and oxygen atoms in total. The maximum Gasteiger partial charge on any atom is 0.219 e. The number of hydrogen-bond acceptors (Lipinski definition) is 2. The summed E-state index contributed by atoms with van der Waals surface area (Å²) in [4.78, 5) is 15.4. The highest BCUT2D eigenvalue weighted by molar-refractivity contribution is 5.73. The number of carbonyl (C=O) groups is 1. The summed E-state index contributed by atoms with van der Waals surface area (Å²) >= 11 is 0. The molecule has 0 aromatic heterocycles. The van der Waals surface area contributed by atoms with E-state index in [2.05, 4.69) is 4.90 Å².